The summed E-state index contributed by atoms with van der Waals surface area (Å²) in [5, 5.41) is 0.995. The number of aryl methyl sites for hydroxylation is 1. The number of benzene rings is 1. The molecule has 0 radical (unpaired) electrons. The fourth-order valence-electron chi connectivity index (χ4n) is 1.60. The Morgan fingerprint density at radius 1 is 1.28 bits per heavy atom. The second kappa shape index (κ2) is 7.11. The molecule has 1 N–H and O–H groups in total. The van der Waals surface area contributed by atoms with Crippen LogP contribution in [0.2, 0.25) is 0 Å². The number of nitrogens with one attached hydrogen (secondary N) is 1. The van der Waals surface area contributed by atoms with Crippen LogP contribution in [0.3, 0.4) is 0 Å². The molecule has 3 nitrogen and oxygen atoms in total. The van der Waals surface area contributed by atoms with Crippen LogP contribution >= 0.6 is 11.8 Å². The number of rotatable bonds is 7. The summed E-state index contributed by atoms with van der Waals surface area (Å²) >= 11 is 1.75. The van der Waals surface area contributed by atoms with Gasteiger partial charge in [0.15, 0.2) is 5.16 Å². The summed E-state index contributed by atoms with van der Waals surface area (Å²) in [7, 11) is 0. The number of hydrogen-bond donors (Lipinski definition) is 1. The van der Waals surface area contributed by atoms with Crippen molar-refractivity contribution < 1.29 is 4.74 Å². The largest absolute Gasteiger partial charge is 0.493 e. The predicted molar refractivity (Wildman–Crippen MR) is 75.2 cm³/mol. The molecule has 2 aromatic rings. The third-order valence-electron chi connectivity index (χ3n) is 2.60. The number of hydrogen-bond acceptors (Lipinski definition) is 3. The molecule has 18 heavy (non-hydrogen) atoms. The van der Waals surface area contributed by atoms with Crippen LogP contribution in [-0.2, 0) is 0 Å². The Hall–Kier alpha value is -1.42. The minimum atomic E-state index is 0.781. The smallest absolute Gasteiger partial charge is 0.165 e. The Labute approximate surface area is 112 Å². The molecular weight excluding hydrogens is 244 g/mol. The first-order valence-corrected chi connectivity index (χ1v) is 7.15. The lowest BCUT2D eigenvalue weighted by molar-refractivity contribution is 0.308. The summed E-state index contributed by atoms with van der Waals surface area (Å²) in [6.07, 6.45) is 5.84. The maximum absolute atomic E-state index is 5.74. The van der Waals surface area contributed by atoms with E-state index in [2.05, 4.69) is 23.0 Å². The van der Waals surface area contributed by atoms with Gasteiger partial charge in [0.25, 0.3) is 0 Å². The number of thioether (sulfide) groups is 1. The molecule has 96 valence electrons. The van der Waals surface area contributed by atoms with Crippen molar-refractivity contribution in [3.8, 4) is 5.75 Å². The molecule has 0 aliphatic rings. The van der Waals surface area contributed by atoms with Gasteiger partial charge in [0.05, 0.1) is 6.61 Å². The summed E-state index contributed by atoms with van der Waals surface area (Å²) < 4.78 is 5.74. The number of aromatic amines is 1. The third-order valence-corrected chi connectivity index (χ3v) is 3.59. The Morgan fingerprint density at radius 2 is 2.17 bits per heavy atom. The second-order valence-electron chi connectivity index (χ2n) is 4.06. The highest BCUT2D eigenvalue weighted by Crippen LogP contribution is 2.17. The Balaban J connectivity index is 1.58. The highest BCUT2D eigenvalue weighted by molar-refractivity contribution is 7.99. The summed E-state index contributed by atoms with van der Waals surface area (Å²) in [6.45, 7) is 2.85. The molecule has 0 amide bonds. The highest BCUT2D eigenvalue weighted by Gasteiger charge is 1.98. The summed E-state index contributed by atoms with van der Waals surface area (Å²) in [4.78, 5) is 7.25. The second-order valence-corrected chi connectivity index (χ2v) is 5.15. The molecule has 1 aromatic carbocycles. The van der Waals surface area contributed by atoms with Gasteiger partial charge in [0.2, 0.25) is 0 Å². The van der Waals surface area contributed by atoms with E-state index < -0.39 is 0 Å². The summed E-state index contributed by atoms with van der Waals surface area (Å²) in [6, 6.07) is 8.13. The van der Waals surface area contributed by atoms with Crippen LogP contribution in [0.1, 0.15) is 18.4 Å². The third kappa shape index (κ3) is 4.11. The molecule has 0 aliphatic heterocycles. The maximum atomic E-state index is 5.74. The zero-order valence-electron chi connectivity index (χ0n) is 10.6. The zero-order valence-corrected chi connectivity index (χ0v) is 11.4. The van der Waals surface area contributed by atoms with Gasteiger partial charge in [0.1, 0.15) is 5.75 Å². The van der Waals surface area contributed by atoms with Crippen LogP contribution in [0.25, 0.3) is 0 Å². The average molecular weight is 262 g/mol. The van der Waals surface area contributed by atoms with Gasteiger partial charge in [-0.1, -0.05) is 30.0 Å². The van der Waals surface area contributed by atoms with Crippen molar-refractivity contribution >= 4 is 11.8 Å². The molecule has 0 atom stereocenters. The Morgan fingerprint density at radius 3 is 2.94 bits per heavy atom. The van der Waals surface area contributed by atoms with E-state index in [1.165, 1.54) is 5.56 Å². The lowest BCUT2D eigenvalue weighted by atomic mass is 10.2. The van der Waals surface area contributed by atoms with E-state index in [1.807, 2.05) is 24.4 Å². The van der Waals surface area contributed by atoms with Crippen LogP contribution in [0.15, 0.2) is 41.8 Å². The molecule has 0 saturated heterocycles. The molecule has 1 aromatic heterocycles. The van der Waals surface area contributed by atoms with Crippen molar-refractivity contribution in [2.45, 2.75) is 24.9 Å². The van der Waals surface area contributed by atoms with Gasteiger partial charge in [-0.2, -0.15) is 0 Å². The maximum Gasteiger partial charge on any atom is 0.165 e. The SMILES string of the molecule is Cc1ccccc1OCCCCSc1ncc[nH]1. The number of ether oxygens (including phenoxy) is 1. The van der Waals surface area contributed by atoms with Crippen LogP contribution < -0.4 is 4.74 Å². The molecule has 0 unspecified atom stereocenters. The van der Waals surface area contributed by atoms with Crippen molar-refractivity contribution in [2.24, 2.45) is 0 Å². The summed E-state index contributed by atoms with van der Waals surface area (Å²) in [5.41, 5.74) is 1.20. The topological polar surface area (TPSA) is 37.9 Å². The van der Waals surface area contributed by atoms with Gasteiger partial charge in [-0.05, 0) is 31.4 Å². The van der Waals surface area contributed by atoms with Gasteiger partial charge >= 0.3 is 0 Å². The van der Waals surface area contributed by atoms with Crippen LogP contribution in [0.5, 0.6) is 5.75 Å². The van der Waals surface area contributed by atoms with Crippen molar-refractivity contribution in [3.05, 3.63) is 42.2 Å². The normalized spacial score (nSPS) is 10.5. The molecular formula is C14H18N2OS. The standard InChI is InChI=1S/C14H18N2OS/c1-12-6-2-3-7-13(12)17-10-4-5-11-18-14-15-8-9-16-14/h2-3,6-9H,4-5,10-11H2,1H3,(H,15,16). The summed E-state index contributed by atoms with van der Waals surface area (Å²) in [5.74, 6) is 2.07. The van der Waals surface area contributed by atoms with Crippen molar-refractivity contribution in [2.75, 3.05) is 12.4 Å². The van der Waals surface area contributed by atoms with Gasteiger partial charge in [0, 0.05) is 18.1 Å². The van der Waals surface area contributed by atoms with E-state index >= 15 is 0 Å². The molecule has 0 bridgehead atoms. The molecule has 0 aliphatic carbocycles. The van der Waals surface area contributed by atoms with E-state index in [1.54, 1.807) is 18.0 Å². The number of H-pyrrole nitrogens is 1. The minimum absolute atomic E-state index is 0.781. The van der Waals surface area contributed by atoms with Crippen LogP contribution in [0, 0.1) is 6.92 Å². The van der Waals surface area contributed by atoms with E-state index in [0.717, 1.165) is 36.1 Å². The molecule has 4 heteroatoms. The molecule has 2 rings (SSSR count). The zero-order chi connectivity index (χ0) is 12.6. The first-order valence-electron chi connectivity index (χ1n) is 6.17. The van der Waals surface area contributed by atoms with E-state index in [0.29, 0.717) is 0 Å². The molecule has 0 spiro atoms. The first-order chi connectivity index (χ1) is 8.86. The Kier molecular flexibility index (Phi) is 5.15. The number of aromatic nitrogens is 2. The van der Waals surface area contributed by atoms with Crippen LogP contribution in [-0.4, -0.2) is 22.3 Å². The van der Waals surface area contributed by atoms with E-state index in [4.69, 9.17) is 4.74 Å². The van der Waals surface area contributed by atoms with Crippen LogP contribution in [0.4, 0.5) is 0 Å². The fraction of sp³-hybridized carbons (Fsp3) is 0.357. The molecule has 0 fully saturated rings. The van der Waals surface area contributed by atoms with Crippen molar-refractivity contribution in [1.29, 1.82) is 0 Å². The number of imidazole rings is 1. The monoisotopic (exact) mass is 262 g/mol. The quantitative estimate of drug-likeness (QED) is 0.611. The van der Waals surface area contributed by atoms with Gasteiger partial charge in [-0.3, -0.25) is 0 Å². The lowest BCUT2D eigenvalue weighted by Crippen LogP contribution is -1.99. The van der Waals surface area contributed by atoms with Crippen molar-refractivity contribution in [1.82, 2.24) is 9.97 Å². The first kappa shape index (κ1) is 13.0. The number of nitrogens with zero attached hydrogens (tertiary/aromatic N) is 1. The van der Waals surface area contributed by atoms with Gasteiger partial charge in [-0.15, -0.1) is 0 Å². The highest BCUT2D eigenvalue weighted by atomic mass is 32.2. The number of para-hydroxylation sites is 1. The predicted octanol–water partition coefficient (Wildman–Crippen LogP) is 3.67. The van der Waals surface area contributed by atoms with Crippen molar-refractivity contribution in [3.63, 3.8) is 0 Å². The van der Waals surface area contributed by atoms with E-state index in [-0.39, 0.29) is 0 Å². The van der Waals surface area contributed by atoms with Gasteiger partial charge in [-0.25, -0.2) is 4.98 Å². The minimum Gasteiger partial charge on any atom is -0.493 e. The van der Waals surface area contributed by atoms with E-state index in [9.17, 15) is 0 Å². The fourth-order valence-corrected chi connectivity index (χ4v) is 2.43. The average Bonchev–Trinajstić information content (AvgIpc) is 2.89. The molecule has 0 saturated carbocycles. The van der Waals surface area contributed by atoms with Gasteiger partial charge < -0.3 is 9.72 Å². The Bertz CT molecular complexity index is 457. The lowest BCUT2D eigenvalue weighted by Gasteiger charge is -2.08. The number of unbranched alkanes of at least 4 members (excludes halogenated alkanes) is 1. The molecule has 1 heterocycles.